The Hall–Kier alpha value is -3.16. The second-order valence-corrected chi connectivity index (χ2v) is 12.3. The quantitative estimate of drug-likeness (QED) is 0.206. The van der Waals surface area contributed by atoms with Gasteiger partial charge < -0.3 is 15.3 Å². The van der Waals surface area contributed by atoms with E-state index in [4.69, 9.17) is 16.6 Å². The largest absolute Gasteiger partial charge is 0.506 e. The van der Waals surface area contributed by atoms with E-state index in [1.807, 2.05) is 48.5 Å². The average molecular weight is 634 g/mol. The second kappa shape index (κ2) is 14.7. The molecular formula is C36H42Cl2N4O2. The van der Waals surface area contributed by atoms with E-state index < -0.39 is 0 Å². The number of pyridine rings is 1. The van der Waals surface area contributed by atoms with Crippen LogP contribution in [0.25, 0.3) is 22.2 Å². The minimum atomic E-state index is -0.153. The summed E-state index contributed by atoms with van der Waals surface area (Å²) in [4.78, 5) is 24.7. The van der Waals surface area contributed by atoms with Gasteiger partial charge in [0.1, 0.15) is 10.8 Å². The maximum Gasteiger partial charge on any atom is 0.252 e. The van der Waals surface area contributed by atoms with Crippen LogP contribution in [0.4, 0.5) is 0 Å². The van der Waals surface area contributed by atoms with Gasteiger partial charge in [0.2, 0.25) is 0 Å². The minimum Gasteiger partial charge on any atom is -0.506 e. The van der Waals surface area contributed by atoms with E-state index >= 15 is 0 Å². The van der Waals surface area contributed by atoms with Gasteiger partial charge in [0.05, 0.1) is 22.8 Å². The van der Waals surface area contributed by atoms with Gasteiger partial charge in [0.25, 0.3) is 5.91 Å². The number of nitrogens with zero attached hydrogens (tertiary/aromatic N) is 3. The standard InChI is InChI=1S/C36H41ClN4O2.ClH/c1-2-30(25-12-6-3-7-13-25)38-36(43)32-28-16-17-31(42)33(37)35(28)39-34(26-14-8-4-9-15-26)29(32)24-40-22-18-27(19-23-40)41-20-10-5-11-21-41;/h3-4,6-9,12-17,27,30,42H,2,5,10-11,18-24H2,1H3,(H,38,43);1H/t30-;/m0./s1. The third-order valence-electron chi connectivity index (χ3n) is 9.21. The molecule has 0 spiro atoms. The zero-order chi connectivity index (χ0) is 29.8. The van der Waals surface area contributed by atoms with Crippen LogP contribution in [0.2, 0.25) is 5.02 Å². The summed E-state index contributed by atoms with van der Waals surface area (Å²) in [6.45, 7) is 7.09. The first-order valence-electron chi connectivity index (χ1n) is 15.7. The van der Waals surface area contributed by atoms with Crippen LogP contribution in [0.1, 0.15) is 73.0 Å². The number of carbonyl (C=O) groups is 1. The van der Waals surface area contributed by atoms with E-state index in [1.54, 1.807) is 12.1 Å². The van der Waals surface area contributed by atoms with Crippen LogP contribution in [0, 0.1) is 0 Å². The Morgan fingerprint density at radius 3 is 2.27 bits per heavy atom. The molecule has 0 saturated carbocycles. The highest BCUT2D eigenvalue weighted by Gasteiger charge is 2.30. The normalized spacial score (nSPS) is 17.2. The first kappa shape index (κ1) is 32.2. The van der Waals surface area contributed by atoms with Gasteiger partial charge in [0, 0.05) is 29.1 Å². The molecule has 6 nitrogen and oxygen atoms in total. The fraction of sp³-hybridized carbons (Fsp3) is 0.389. The molecule has 2 aliphatic heterocycles. The third kappa shape index (κ3) is 6.89. The number of phenolic OH excluding ortho intramolecular Hbond substituents is 1. The molecule has 44 heavy (non-hydrogen) atoms. The fourth-order valence-corrected chi connectivity index (χ4v) is 7.07. The summed E-state index contributed by atoms with van der Waals surface area (Å²) >= 11 is 6.67. The highest BCUT2D eigenvalue weighted by atomic mass is 35.5. The molecule has 2 saturated heterocycles. The van der Waals surface area contributed by atoms with Crippen LogP contribution >= 0.6 is 24.0 Å². The molecule has 2 aliphatic rings. The first-order valence-corrected chi connectivity index (χ1v) is 16.1. The number of benzene rings is 3. The van der Waals surface area contributed by atoms with Crippen molar-refractivity contribution in [2.24, 2.45) is 0 Å². The van der Waals surface area contributed by atoms with Gasteiger partial charge in [-0.2, -0.15) is 0 Å². The van der Waals surface area contributed by atoms with Crippen LogP contribution < -0.4 is 5.32 Å². The summed E-state index contributed by atoms with van der Waals surface area (Å²) < 4.78 is 0. The Morgan fingerprint density at radius 2 is 1.61 bits per heavy atom. The highest BCUT2D eigenvalue weighted by molar-refractivity contribution is 6.37. The molecule has 2 fully saturated rings. The Kier molecular flexibility index (Phi) is 10.8. The number of aromatic hydroxyl groups is 1. The number of carbonyl (C=O) groups excluding carboxylic acids is 1. The predicted molar refractivity (Wildman–Crippen MR) is 182 cm³/mol. The number of fused-ring (bicyclic) bond motifs is 1. The van der Waals surface area contributed by atoms with E-state index in [-0.39, 0.29) is 35.1 Å². The lowest BCUT2D eigenvalue weighted by atomic mass is 9.93. The van der Waals surface area contributed by atoms with Crippen molar-refractivity contribution in [3.05, 3.63) is 94.5 Å². The van der Waals surface area contributed by atoms with Crippen LogP contribution in [-0.2, 0) is 6.54 Å². The monoisotopic (exact) mass is 632 g/mol. The highest BCUT2D eigenvalue weighted by Crippen LogP contribution is 2.38. The Balaban J connectivity index is 0.00000384. The molecule has 1 amide bonds. The van der Waals surface area contributed by atoms with Gasteiger partial charge in [-0.05, 0) is 76.0 Å². The summed E-state index contributed by atoms with van der Waals surface area (Å²) in [6.07, 6.45) is 6.99. The van der Waals surface area contributed by atoms with E-state index in [2.05, 4.69) is 34.2 Å². The smallest absolute Gasteiger partial charge is 0.252 e. The van der Waals surface area contributed by atoms with Gasteiger partial charge >= 0.3 is 0 Å². The molecule has 1 atom stereocenters. The maximum absolute atomic E-state index is 14.4. The number of hydrogen-bond donors (Lipinski definition) is 2. The maximum atomic E-state index is 14.4. The number of likely N-dealkylation sites (tertiary alicyclic amines) is 2. The number of amides is 1. The predicted octanol–water partition coefficient (Wildman–Crippen LogP) is 8.01. The van der Waals surface area contributed by atoms with Crippen LogP contribution in [-0.4, -0.2) is 58.0 Å². The summed E-state index contributed by atoms with van der Waals surface area (Å²) in [6, 6.07) is 23.9. The summed E-state index contributed by atoms with van der Waals surface area (Å²) in [5, 5.41) is 14.7. The van der Waals surface area contributed by atoms with E-state index in [0.29, 0.717) is 29.1 Å². The van der Waals surface area contributed by atoms with Crippen molar-refractivity contribution >= 4 is 40.8 Å². The molecule has 3 heterocycles. The Bertz CT molecular complexity index is 1550. The van der Waals surface area contributed by atoms with Crippen LogP contribution in [0.3, 0.4) is 0 Å². The molecule has 1 aromatic heterocycles. The Labute approximate surface area is 271 Å². The van der Waals surface area contributed by atoms with Crippen molar-refractivity contribution in [1.29, 1.82) is 0 Å². The first-order chi connectivity index (χ1) is 21.0. The molecule has 0 aliphatic carbocycles. The lowest BCUT2D eigenvalue weighted by molar-refractivity contribution is 0.0883. The zero-order valence-corrected chi connectivity index (χ0v) is 26.9. The molecular weight excluding hydrogens is 591 g/mol. The summed E-state index contributed by atoms with van der Waals surface area (Å²) in [5.74, 6) is -0.199. The van der Waals surface area contributed by atoms with Gasteiger partial charge in [-0.1, -0.05) is 85.6 Å². The molecule has 2 N–H and O–H groups in total. The minimum absolute atomic E-state index is 0. The average Bonchev–Trinajstić information content (AvgIpc) is 3.06. The molecule has 4 aromatic rings. The second-order valence-electron chi connectivity index (χ2n) is 11.9. The summed E-state index contributed by atoms with van der Waals surface area (Å²) in [7, 11) is 0. The number of halogens is 2. The van der Waals surface area contributed by atoms with E-state index in [1.165, 1.54) is 32.4 Å². The van der Waals surface area contributed by atoms with Crippen molar-refractivity contribution in [3.63, 3.8) is 0 Å². The fourth-order valence-electron chi connectivity index (χ4n) is 6.86. The number of hydrogen-bond acceptors (Lipinski definition) is 5. The molecule has 0 radical (unpaired) electrons. The molecule has 8 heteroatoms. The number of rotatable bonds is 8. The molecule has 232 valence electrons. The SMILES string of the molecule is CC[C@H](NC(=O)c1c(CN2CCC(N3CCCCC3)CC2)c(-c2ccccc2)nc2c(Cl)c(O)ccc12)c1ccccc1.Cl. The van der Waals surface area contributed by atoms with Crippen LogP contribution in [0.15, 0.2) is 72.8 Å². The Morgan fingerprint density at radius 1 is 0.955 bits per heavy atom. The molecule has 6 rings (SSSR count). The number of phenols is 1. The van der Waals surface area contributed by atoms with Crippen molar-refractivity contribution in [2.75, 3.05) is 26.2 Å². The lowest BCUT2D eigenvalue weighted by Crippen LogP contribution is -2.46. The summed E-state index contributed by atoms with van der Waals surface area (Å²) in [5.41, 5.74) is 4.64. The topological polar surface area (TPSA) is 68.7 Å². The van der Waals surface area contributed by atoms with E-state index in [0.717, 1.165) is 54.7 Å². The van der Waals surface area contributed by atoms with Gasteiger partial charge in [-0.3, -0.25) is 9.69 Å². The van der Waals surface area contributed by atoms with Crippen molar-refractivity contribution < 1.29 is 9.90 Å². The van der Waals surface area contributed by atoms with Gasteiger partial charge in [0.15, 0.2) is 0 Å². The van der Waals surface area contributed by atoms with Crippen molar-refractivity contribution in [2.45, 2.75) is 64.1 Å². The number of piperidine rings is 2. The van der Waals surface area contributed by atoms with Crippen molar-refractivity contribution in [1.82, 2.24) is 20.1 Å². The van der Waals surface area contributed by atoms with Crippen molar-refractivity contribution in [3.8, 4) is 17.0 Å². The molecule has 0 unspecified atom stereocenters. The zero-order valence-electron chi connectivity index (χ0n) is 25.3. The van der Waals surface area contributed by atoms with E-state index in [9.17, 15) is 9.90 Å². The lowest BCUT2D eigenvalue weighted by Gasteiger charge is -2.40. The van der Waals surface area contributed by atoms with Gasteiger partial charge in [-0.25, -0.2) is 4.98 Å². The third-order valence-corrected chi connectivity index (χ3v) is 9.58. The molecule has 0 bridgehead atoms. The molecule has 3 aromatic carbocycles. The number of nitrogens with one attached hydrogen (secondary N) is 1. The van der Waals surface area contributed by atoms with Crippen LogP contribution in [0.5, 0.6) is 5.75 Å². The van der Waals surface area contributed by atoms with Gasteiger partial charge in [-0.15, -0.1) is 12.4 Å². The number of aromatic nitrogens is 1.